The number of furan rings is 1. The van der Waals surface area contributed by atoms with Crippen LogP contribution in [0, 0.1) is 0 Å². The second kappa shape index (κ2) is 9.22. The molecule has 0 amide bonds. The molecule has 2 heterocycles. The van der Waals surface area contributed by atoms with Gasteiger partial charge in [0.1, 0.15) is 11.2 Å². The molecule has 0 N–H and O–H groups in total. The van der Waals surface area contributed by atoms with Crippen molar-refractivity contribution in [1.82, 2.24) is 4.57 Å². The third-order valence-corrected chi connectivity index (χ3v) is 10.4. The molecular formula is C45H27NO. The van der Waals surface area contributed by atoms with Crippen molar-refractivity contribution in [3.05, 3.63) is 163 Å². The van der Waals surface area contributed by atoms with E-state index in [0.29, 0.717) is 0 Å². The van der Waals surface area contributed by atoms with Crippen LogP contribution in [-0.2, 0) is 6.42 Å². The zero-order valence-corrected chi connectivity index (χ0v) is 25.5. The number of fused-ring (bicyclic) bond motifs is 14. The molecule has 0 radical (unpaired) electrons. The highest BCUT2D eigenvalue weighted by Crippen LogP contribution is 2.47. The number of benzene rings is 8. The Kier molecular flexibility index (Phi) is 4.92. The Morgan fingerprint density at radius 3 is 2.06 bits per heavy atom. The van der Waals surface area contributed by atoms with E-state index in [4.69, 9.17) is 4.42 Å². The molecule has 2 aromatic heterocycles. The third kappa shape index (κ3) is 3.45. The van der Waals surface area contributed by atoms with Gasteiger partial charge >= 0.3 is 0 Å². The fraction of sp³-hybridized carbons (Fsp3) is 0.0222. The summed E-state index contributed by atoms with van der Waals surface area (Å²) >= 11 is 0. The zero-order chi connectivity index (χ0) is 30.6. The highest BCUT2D eigenvalue weighted by molar-refractivity contribution is 6.22. The Hall–Kier alpha value is -6.12. The number of aromatic nitrogens is 1. The van der Waals surface area contributed by atoms with Gasteiger partial charge in [0.25, 0.3) is 0 Å². The molecule has 8 aromatic carbocycles. The monoisotopic (exact) mass is 597 g/mol. The van der Waals surface area contributed by atoms with Crippen LogP contribution >= 0.6 is 0 Å². The van der Waals surface area contributed by atoms with Crippen molar-refractivity contribution >= 4 is 65.3 Å². The second-order valence-electron chi connectivity index (χ2n) is 12.9. The largest absolute Gasteiger partial charge is 0.455 e. The lowest BCUT2D eigenvalue weighted by atomic mass is 9.94. The highest BCUT2D eigenvalue weighted by atomic mass is 16.3. The van der Waals surface area contributed by atoms with E-state index in [1.165, 1.54) is 87.8 Å². The summed E-state index contributed by atoms with van der Waals surface area (Å²) in [6.07, 6.45) is 0.941. The molecule has 218 valence electrons. The van der Waals surface area contributed by atoms with Gasteiger partial charge in [-0.2, -0.15) is 0 Å². The van der Waals surface area contributed by atoms with Crippen LogP contribution in [0.5, 0.6) is 0 Å². The average molecular weight is 598 g/mol. The van der Waals surface area contributed by atoms with Gasteiger partial charge in [0, 0.05) is 32.6 Å². The Morgan fingerprint density at radius 2 is 1.17 bits per heavy atom. The number of rotatable bonds is 2. The molecular weight excluding hydrogens is 571 g/mol. The first kappa shape index (κ1) is 25.1. The van der Waals surface area contributed by atoms with Gasteiger partial charge in [-0.25, -0.2) is 0 Å². The van der Waals surface area contributed by atoms with E-state index in [2.05, 4.69) is 156 Å². The zero-order valence-electron chi connectivity index (χ0n) is 25.5. The van der Waals surface area contributed by atoms with Crippen molar-refractivity contribution < 1.29 is 4.42 Å². The molecule has 1 aliphatic rings. The summed E-state index contributed by atoms with van der Waals surface area (Å²) in [6.45, 7) is 0. The van der Waals surface area contributed by atoms with Gasteiger partial charge in [0.15, 0.2) is 0 Å². The minimum atomic E-state index is 0.941. The quantitative estimate of drug-likeness (QED) is 0.194. The van der Waals surface area contributed by atoms with Crippen LogP contribution in [-0.4, -0.2) is 4.57 Å². The summed E-state index contributed by atoms with van der Waals surface area (Å²) in [5, 5.41) is 9.90. The van der Waals surface area contributed by atoms with Crippen molar-refractivity contribution in [2.45, 2.75) is 6.42 Å². The molecule has 0 bridgehead atoms. The fourth-order valence-electron chi connectivity index (χ4n) is 8.27. The maximum atomic E-state index is 6.58. The Morgan fingerprint density at radius 1 is 0.468 bits per heavy atom. The standard InChI is InChI=1S/C45H27NO/c1-2-10-33(11-3-1)46-39-21-18-30(26-38(39)43-34-12-6-4-8-27(34)17-22-40(43)46)29-14-15-31-24-32-19-23-41-44(42(32)37(31)25-29)36-20-16-28-9-5-7-13-35(28)45(36)47-41/h1-23,25-26H,24H2. The second-order valence-corrected chi connectivity index (χ2v) is 12.9. The van der Waals surface area contributed by atoms with Crippen LogP contribution < -0.4 is 0 Å². The molecule has 0 spiro atoms. The predicted molar refractivity (Wildman–Crippen MR) is 197 cm³/mol. The maximum absolute atomic E-state index is 6.58. The summed E-state index contributed by atoms with van der Waals surface area (Å²) in [5.74, 6) is 0. The van der Waals surface area contributed by atoms with Crippen molar-refractivity contribution in [1.29, 1.82) is 0 Å². The molecule has 0 saturated carbocycles. The molecule has 2 nitrogen and oxygen atoms in total. The molecule has 0 fully saturated rings. The van der Waals surface area contributed by atoms with E-state index < -0.39 is 0 Å². The van der Waals surface area contributed by atoms with E-state index in [1.807, 2.05) is 0 Å². The number of para-hydroxylation sites is 1. The lowest BCUT2D eigenvalue weighted by molar-refractivity contribution is 0.672. The van der Waals surface area contributed by atoms with Gasteiger partial charge < -0.3 is 8.98 Å². The van der Waals surface area contributed by atoms with Gasteiger partial charge in [0.05, 0.1) is 11.0 Å². The molecule has 11 rings (SSSR count). The number of hydrogen-bond donors (Lipinski definition) is 0. The molecule has 1 aliphatic carbocycles. The Balaban J connectivity index is 1.15. The van der Waals surface area contributed by atoms with E-state index in [0.717, 1.165) is 23.0 Å². The van der Waals surface area contributed by atoms with Crippen molar-refractivity contribution in [2.24, 2.45) is 0 Å². The first-order chi connectivity index (χ1) is 23.3. The van der Waals surface area contributed by atoms with E-state index in [-0.39, 0.29) is 0 Å². The summed E-state index contributed by atoms with van der Waals surface area (Å²) in [4.78, 5) is 0. The Labute approximate surface area is 270 Å². The predicted octanol–water partition coefficient (Wildman–Crippen LogP) is 12.2. The van der Waals surface area contributed by atoms with Crippen LogP contribution in [0.4, 0.5) is 0 Å². The normalized spacial score (nSPS) is 12.6. The summed E-state index contributed by atoms with van der Waals surface area (Å²) in [6, 6.07) is 55.4. The van der Waals surface area contributed by atoms with E-state index in [1.54, 1.807) is 0 Å². The van der Waals surface area contributed by atoms with Gasteiger partial charge in [0.2, 0.25) is 0 Å². The SMILES string of the molecule is c1ccc(-n2c3ccc(-c4ccc5c(c4)-c4c(ccc6oc7c8ccccc8ccc7c46)C5)cc3c3c4ccccc4ccc32)cc1. The summed E-state index contributed by atoms with van der Waals surface area (Å²) < 4.78 is 8.99. The maximum Gasteiger partial charge on any atom is 0.143 e. The first-order valence-electron chi connectivity index (χ1n) is 16.3. The summed E-state index contributed by atoms with van der Waals surface area (Å²) in [7, 11) is 0. The van der Waals surface area contributed by atoms with Gasteiger partial charge in [-0.3, -0.25) is 0 Å². The molecule has 0 atom stereocenters. The lowest BCUT2D eigenvalue weighted by Gasteiger charge is -2.09. The van der Waals surface area contributed by atoms with Crippen LogP contribution in [0.2, 0.25) is 0 Å². The Bertz CT molecular complexity index is 2920. The van der Waals surface area contributed by atoms with Crippen LogP contribution in [0.1, 0.15) is 11.1 Å². The first-order valence-corrected chi connectivity index (χ1v) is 16.3. The number of hydrogen-bond acceptors (Lipinski definition) is 1. The van der Waals surface area contributed by atoms with Crippen LogP contribution in [0.15, 0.2) is 156 Å². The minimum Gasteiger partial charge on any atom is -0.455 e. The van der Waals surface area contributed by atoms with Crippen molar-refractivity contribution in [3.8, 4) is 27.9 Å². The van der Waals surface area contributed by atoms with Gasteiger partial charge in [-0.1, -0.05) is 103 Å². The number of nitrogens with zero attached hydrogens (tertiary/aromatic N) is 1. The average Bonchev–Trinajstić information content (AvgIpc) is 3.80. The van der Waals surface area contributed by atoms with Crippen LogP contribution in [0.25, 0.3) is 93.2 Å². The van der Waals surface area contributed by atoms with Gasteiger partial charge in [-0.15, -0.1) is 0 Å². The smallest absolute Gasteiger partial charge is 0.143 e. The fourth-order valence-corrected chi connectivity index (χ4v) is 8.27. The lowest BCUT2D eigenvalue weighted by Crippen LogP contribution is -1.93. The molecule has 10 aromatic rings. The minimum absolute atomic E-state index is 0.941. The topological polar surface area (TPSA) is 18.1 Å². The molecule has 2 heteroatoms. The highest BCUT2D eigenvalue weighted by Gasteiger charge is 2.25. The molecule has 47 heavy (non-hydrogen) atoms. The van der Waals surface area contributed by atoms with Crippen molar-refractivity contribution in [2.75, 3.05) is 0 Å². The van der Waals surface area contributed by atoms with Gasteiger partial charge in [-0.05, 0) is 104 Å². The molecule has 0 unspecified atom stereocenters. The molecule has 0 saturated heterocycles. The van der Waals surface area contributed by atoms with Crippen molar-refractivity contribution in [3.63, 3.8) is 0 Å². The summed E-state index contributed by atoms with van der Waals surface area (Å²) in [5.41, 5.74) is 13.4. The van der Waals surface area contributed by atoms with E-state index >= 15 is 0 Å². The third-order valence-electron chi connectivity index (χ3n) is 10.4. The van der Waals surface area contributed by atoms with Crippen LogP contribution in [0.3, 0.4) is 0 Å². The van der Waals surface area contributed by atoms with E-state index in [9.17, 15) is 0 Å². The molecule has 0 aliphatic heterocycles.